The number of hydrogen-bond acceptors (Lipinski definition) is 5. The van der Waals surface area contributed by atoms with Crippen molar-refractivity contribution < 1.29 is 24.5 Å². The minimum atomic E-state index is -1.46. The Hall–Kier alpha value is -1.67. The minimum absolute atomic E-state index is 0.0405. The molecule has 156 valence electrons. The van der Waals surface area contributed by atoms with Gasteiger partial charge in [-0.3, -0.25) is 9.59 Å². The monoisotopic (exact) mass is 412 g/mol. The highest BCUT2D eigenvalue weighted by Crippen LogP contribution is 2.57. The maximum atomic E-state index is 12.7. The molecule has 0 aliphatic carbocycles. The number of halogens is 1. The molecule has 28 heavy (non-hydrogen) atoms. The summed E-state index contributed by atoms with van der Waals surface area (Å²) in [4.78, 5) is 25.2. The van der Waals surface area contributed by atoms with Crippen LogP contribution in [0.1, 0.15) is 45.6 Å². The van der Waals surface area contributed by atoms with Crippen LogP contribution < -0.4 is 11.1 Å². The van der Waals surface area contributed by atoms with E-state index in [-0.39, 0.29) is 13.0 Å². The summed E-state index contributed by atoms with van der Waals surface area (Å²) in [6, 6.07) is 5.66. The third kappa shape index (κ3) is 3.52. The molecule has 5 N–H and O–H groups in total. The Labute approximate surface area is 170 Å². The van der Waals surface area contributed by atoms with Crippen molar-refractivity contribution in [3.8, 4) is 0 Å². The van der Waals surface area contributed by atoms with Crippen LogP contribution in [0.15, 0.2) is 24.3 Å². The zero-order valence-corrected chi connectivity index (χ0v) is 17.4. The molecule has 0 radical (unpaired) electrons. The van der Waals surface area contributed by atoms with Crippen LogP contribution in [0.2, 0.25) is 5.02 Å². The number of carbonyl (C=O) groups is 2. The normalized spacial score (nSPS) is 34.0. The molecule has 0 saturated carbocycles. The average molecular weight is 413 g/mol. The van der Waals surface area contributed by atoms with E-state index in [1.54, 1.807) is 52.0 Å². The van der Waals surface area contributed by atoms with Crippen LogP contribution in [0, 0.1) is 10.8 Å². The zero-order chi connectivity index (χ0) is 21.3. The SMILES string of the molecule is CCC1(C(=O)O)C(COC(C)N)NC(C)C(C)(C(=O)O)C1c1ccccc1Cl. The van der Waals surface area contributed by atoms with Gasteiger partial charge in [-0.25, -0.2) is 0 Å². The highest BCUT2D eigenvalue weighted by atomic mass is 35.5. The molecule has 1 aliphatic heterocycles. The first kappa shape index (κ1) is 22.6. The van der Waals surface area contributed by atoms with E-state index < -0.39 is 47.0 Å². The summed E-state index contributed by atoms with van der Waals surface area (Å²) in [5.41, 5.74) is 3.35. The fraction of sp³-hybridized carbons (Fsp3) is 0.600. The topological polar surface area (TPSA) is 122 Å². The second kappa shape index (κ2) is 8.37. The molecule has 6 atom stereocenters. The molecule has 0 amide bonds. The van der Waals surface area contributed by atoms with Crippen molar-refractivity contribution >= 4 is 23.5 Å². The van der Waals surface area contributed by atoms with Gasteiger partial charge in [0, 0.05) is 23.0 Å². The molecule has 1 saturated heterocycles. The number of ether oxygens (including phenoxy) is 1. The van der Waals surface area contributed by atoms with E-state index in [0.29, 0.717) is 10.6 Å². The van der Waals surface area contributed by atoms with Crippen LogP contribution in [-0.4, -0.2) is 47.1 Å². The molecule has 1 fully saturated rings. The molecule has 2 rings (SSSR count). The summed E-state index contributed by atoms with van der Waals surface area (Å²) in [5.74, 6) is -3.06. The van der Waals surface area contributed by atoms with Crippen molar-refractivity contribution in [1.82, 2.24) is 5.32 Å². The molecule has 1 aliphatic rings. The fourth-order valence-corrected chi connectivity index (χ4v) is 4.79. The number of carboxylic acids is 2. The first-order chi connectivity index (χ1) is 13.0. The Morgan fingerprint density at radius 2 is 1.93 bits per heavy atom. The highest BCUT2D eigenvalue weighted by molar-refractivity contribution is 6.31. The largest absolute Gasteiger partial charge is 0.481 e. The van der Waals surface area contributed by atoms with E-state index >= 15 is 0 Å². The molecular weight excluding hydrogens is 384 g/mol. The summed E-state index contributed by atoms with van der Waals surface area (Å²) < 4.78 is 5.55. The Balaban J connectivity index is 2.79. The predicted molar refractivity (Wildman–Crippen MR) is 106 cm³/mol. The minimum Gasteiger partial charge on any atom is -0.481 e. The third-order valence-electron chi connectivity index (χ3n) is 6.27. The van der Waals surface area contributed by atoms with Crippen molar-refractivity contribution in [2.45, 2.75) is 58.3 Å². The Kier molecular flexibility index (Phi) is 6.76. The summed E-state index contributed by atoms with van der Waals surface area (Å²) in [6.07, 6.45) is -0.389. The van der Waals surface area contributed by atoms with Crippen LogP contribution in [0.3, 0.4) is 0 Å². The Morgan fingerprint density at radius 1 is 1.32 bits per heavy atom. The number of hydrogen-bond donors (Lipinski definition) is 4. The summed E-state index contributed by atoms with van der Waals surface area (Å²) >= 11 is 6.44. The van der Waals surface area contributed by atoms with Crippen molar-refractivity contribution in [3.63, 3.8) is 0 Å². The molecule has 8 heteroatoms. The number of rotatable bonds is 7. The van der Waals surface area contributed by atoms with Gasteiger partial charge in [-0.1, -0.05) is 36.7 Å². The van der Waals surface area contributed by atoms with E-state index in [9.17, 15) is 19.8 Å². The molecule has 0 bridgehead atoms. The number of carboxylic acid groups (broad SMARTS) is 2. The van der Waals surface area contributed by atoms with Gasteiger partial charge in [-0.2, -0.15) is 0 Å². The predicted octanol–water partition coefficient (Wildman–Crippen LogP) is 2.68. The van der Waals surface area contributed by atoms with Crippen LogP contribution in [0.5, 0.6) is 0 Å². The summed E-state index contributed by atoms with van der Waals surface area (Å²) in [6.45, 7) is 6.78. The molecule has 7 nitrogen and oxygen atoms in total. The maximum absolute atomic E-state index is 12.7. The van der Waals surface area contributed by atoms with Gasteiger partial charge in [-0.15, -0.1) is 0 Å². The lowest BCUT2D eigenvalue weighted by Crippen LogP contribution is -2.70. The molecule has 1 aromatic rings. The van der Waals surface area contributed by atoms with Gasteiger partial charge in [0.25, 0.3) is 0 Å². The second-order valence-corrected chi connectivity index (χ2v) is 8.13. The van der Waals surface area contributed by atoms with Crippen molar-refractivity contribution in [2.75, 3.05) is 6.61 Å². The van der Waals surface area contributed by atoms with E-state index in [2.05, 4.69) is 5.32 Å². The van der Waals surface area contributed by atoms with E-state index in [4.69, 9.17) is 22.1 Å². The second-order valence-electron chi connectivity index (χ2n) is 7.72. The smallest absolute Gasteiger partial charge is 0.311 e. The van der Waals surface area contributed by atoms with Crippen LogP contribution in [-0.2, 0) is 14.3 Å². The van der Waals surface area contributed by atoms with Gasteiger partial charge >= 0.3 is 11.9 Å². The van der Waals surface area contributed by atoms with Gasteiger partial charge in [0.1, 0.15) is 6.23 Å². The van der Waals surface area contributed by atoms with E-state index in [0.717, 1.165) is 0 Å². The fourth-order valence-electron chi connectivity index (χ4n) is 4.55. The number of benzene rings is 1. The van der Waals surface area contributed by atoms with Gasteiger partial charge in [0.15, 0.2) is 0 Å². The number of nitrogens with two attached hydrogens (primary N) is 1. The molecule has 1 aromatic carbocycles. The van der Waals surface area contributed by atoms with Gasteiger partial charge < -0.3 is 26.0 Å². The third-order valence-corrected chi connectivity index (χ3v) is 6.62. The number of piperidine rings is 1. The van der Waals surface area contributed by atoms with Crippen molar-refractivity contribution in [2.24, 2.45) is 16.6 Å². The van der Waals surface area contributed by atoms with E-state index in [1.807, 2.05) is 0 Å². The first-order valence-electron chi connectivity index (χ1n) is 9.37. The molecule has 6 unspecified atom stereocenters. The highest BCUT2D eigenvalue weighted by Gasteiger charge is 2.65. The Morgan fingerprint density at radius 3 is 2.39 bits per heavy atom. The standard InChI is InChI=1S/C20H29ClN2O5/c1-5-20(18(26)27)15(10-28-12(3)22)23-11(2)19(4,17(24)25)16(20)13-8-6-7-9-14(13)21/h6-9,11-12,15-16,23H,5,10,22H2,1-4H3,(H,24,25)(H,26,27). The molecule has 0 aromatic heterocycles. The van der Waals surface area contributed by atoms with Crippen molar-refractivity contribution in [1.29, 1.82) is 0 Å². The number of nitrogens with one attached hydrogen (secondary N) is 1. The summed E-state index contributed by atoms with van der Waals surface area (Å²) in [7, 11) is 0. The van der Waals surface area contributed by atoms with Gasteiger partial charge in [-0.05, 0) is 38.8 Å². The molecule has 0 spiro atoms. The van der Waals surface area contributed by atoms with Crippen molar-refractivity contribution in [3.05, 3.63) is 34.9 Å². The maximum Gasteiger partial charge on any atom is 0.311 e. The van der Waals surface area contributed by atoms with Crippen LogP contribution in [0.4, 0.5) is 0 Å². The first-order valence-corrected chi connectivity index (χ1v) is 9.75. The summed E-state index contributed by atoms with van der Waals surface area (Å²) in [5, 5.41) is 24.1. The Bertz CT molecular complexity index is 743. The van der Waals surface area contributed by atoms with Crippen LogP contribution >= 0.6 is 11.6 Å². The molecule has 1 heterocycles. The quantitative estimate of drug-likeness (QED) is 0.508. The van der Waals surface area contributed by atoms with Gasteiger partial charge in [0.2, 0.25) is 0 Å². The van der Waals surface area contributed by atoms with Crippen LogP contribution in [0.25, 0.3) is 0 Å². The average Bonchev–Trinajstić information content (AvgIpc) is 2.62. The molecular formula is C20H29ClN2O5. The van der Waals surface area contributed by atoms with E-state index in [1.165, 1.54) is 0 Å². The number of aliphatic carboxylic acids is 2. The lowest BCUT2D eigenvalue weighted by atomic mass is 9.51. The zero-order valence-electron chi connectivity index (χ0n) is 16.6. The van der Waals surface area contributed by atoms with Gasteiger partial charge in [0.05, 0.1) is 17.4 Å². The lowest BCUT2D eigenvalue weighted by Gasteiger charge is -2.56. The lowest BCUT2D eigenvalue weighted by molar-refractivity contribution is -0.174.